The fourth-order valence-electron chi connectivity index (χ4n) is 2.67. The number of hydrogen-bond acceptors (Lipinski definition) is 5. The minimum absolute atomic E-state index is 0.404. The molecule has 1 aliphatic heterocycles. The molecule has 0 aromatic heterocycles. The number of cyclic esters (lactones) is 1. The highest BCUT2D eigenvalue weighted by Gasteiger charge is 2.38. The van der Waals surface area contributed by atoms with E-state index in [9.17, 15) is 4.79 Å². The van der Waals surface area contributed by atoms with Gasteiger partial charge in [-0.05, 0) is 24.3 Å². The predicted octanol–water partition coefficient (Wildman–Crippen LogP) is 3.01. The number of para-hydroxylation sites is 1. The molecule has 0 unspecified atom stereocenters. The number of ether oxygens (including phenoxy) is 3. The summed E-state index contributed by atoms with van der Waals surface area (Å²) in [6.07, 6.45) is -0.482. The van der Waals surface area contributed by atoms with Gasteiger partial charge in [-0.15, -0.1) is 0 Å². The Balaban J connectivity index is 2.05. The van der Waals surface area contributed by atoms with Crippen LogP contribution in [0, 0.1) is 0 Å². The van der Waals surface area contributed by atoms with Crippen LogP contribution in [0.1, 0.15) is 22.1 Å². The molecule has 5 nitrogen and oxygen atoms in total. The molecule has 0 saturated carbocycles. The van der Waals surface area contributed by atoms with Crippen molar-refractivity contribution in [3.8, 4) is 11.5 Å². The zero-order valence-corrected chi connectivity index (χ0v) is 12.7. The van der Waals surface area contributed by atoms with Gasteiger partial charge in [0.05, 0.1) is 14.2 Å². The van der Waals surface area contributed by atoms with Crippen molar-refractivity contribution >= 4 is 11.7 Å². The molecule has 0 N–H and O–H groups in total. The van der Waals surface area contributed by atoms with Crippen molar-refractivity contribution in [3.63, 3.8) is 0 Å². The molecule has 114 valence electrons. The van der Waals surface area contributed by atoms with Crippen molar-refractivity contribution in [3.05, 3.63) is 53.6 Å². The van der Waals surface area contributed by atoms with Crippen LogP contribution in [-0.4, -0.2) is 27.2 Å². The highest BCUT2D eigenvalue weighted by atomic mass is 16.6. The van der Waals surface area contributed by atoms with Crippen LogP contribution in [0.3, 0.4) is 0 Å². The van der Waals surface area contributed by atoms with Crippen molar-refractivity contribution in [2.24, 2.45) is 0 Å². The molecule has 0 fully saturated rings. The molecular weight excluding hydrogens is 282 g/mol. The molecule has 3 rings (SSSR count). The largest absolute Gasteiger partial charge is 0.493 e. The van der Waals surface area contributed by atoms with Gasteiger partial charge in [-0.3, -0.25) is 0 Å². The first-order valence-electron chi connectivity index (χ1n) is 6.91. The predicted molar refractivity (Wildman–Crippen MR) is 82.5 cm³/mol. The van der Waals surface area contributed by atoms with Gasteiger partial charge in [0.25, 0.3) is 0 Å². The summed E-state index contributed by atoms with van der Waals surface area (Å²) >= 11 is 0. The Bertz CT molecular complexity index is 699. The Hall–Kier alpha value is -2.69. The molecule has 5 heteroatoms. The zero-order valence-electron chi connectivity index (χ0n) is 12.7. The Morgan fingerprint density at radius 3 is 2.41 bits per heavy atom. The molecule has 0 radical (unpaired) electrons. The van der Waals surface area contributed by atoms with Crippen molar-refractivity contribution in [1.82, 2.24) is 0 Å². The second-order valence-corrected chi connectivity index (χ2v) is 4.97. The zero-order chi connectivity index (χ0) is 15.7. The van der Waals surface area contributed by atoms with Crippen LogP contribution >= 0.6 is 0 Å². The van der Waals surface area contributed by atoms with Crippen molar-refractivity contribution in [2.45, 2.75) is 6.23 Å². The normalized spacial score (nSPS) is 16.0. The third kappa shape index (κ3) is 2.15. The number of rotatable bonds is 4. The van der Waals surface area contributed by atoms with E-state index >= 15 is 0 Å². The van der Waals surface area contributed by atoms with Gasteiger partial charge in [0, 0.05) is 18.3 Å². The number of carbonyl (C=O) groups is 1. The number of fused-ring (bicyclic) bond motifs is 1. The topological polar surface area (TPSA) is 48.0 Å². The molecule has 2 aromatic rings. The molecule has 2 aromatic carbocycles. The van der Waals surface area contributed by atoms with E-state index in [1.807, 2.05) is 48.3 Å². The van der Waals surface area contributed by atoms with Gasteiger partial charge >= 0.3 is 5.97 Å². The smallest absolute Gasteiger partial charge is 0.344 e. The lowest BCUT2D eigenvalue weighted by molar-refractivity contribution is 0.0386. The van der Waals surface area contributed by atoms with Crippen LogP contribution in [0.2, 0.25) is 0 Å². The van der Waals surface area contributed by atoms with E-state index in [4.69, 9.17) is 14.2 Å². The molecule has 1 aliphatic rings. The monoisotopic (exact) mass is 299 g/mol. The van der Waals surface area contributed by atoms with Crippen molar-refractivity contribution in [2.75, 3.05) is 26.2 Å². The maximum absolute atomic E-state index is 12.3. The second-order valence-electron chi connectivity index (χ2n) is 4.97. The summed E-state index contributed by atoms with van der Waals surface area (Å²) in [5.41, 5.74) is 2.16. The number of anilines is 1. The van der Waals surface area contributed by atoms with Gasteiger partial charge in [-0.25, -0.2) is 4.79 Å². The lowest BCUT2D eigenvalue weighted by Gasteiger charge is -2.25. The van der Waals surface area contributed by atoms with Crippen LogP contribution < -0.4 is 14.4 Å². The van der Waals surface area contributed by atoms with Crippen LogP contribution in [0.25, 0.3) is 0 Å². The lowest BCUT2D eigenvalue weighted by Crippen LogP contribution is -2.23. The highest BCUT2D eigenvalue weighted by Crippen LogP contribution is 2.43. The molecule has 1 atom stereocenters. The number of methoxy groups -OCH3 is 2. The number of hydrogen-bond donors (Lipinski definition) is 0. The van der Waals surface area contributed by atoms with Crippen molar-refractivity contribution < 1.29 is 19.0 Å². The first-order chi connectivity index (χ1) is 10.7. The molecule has 0 bridgehead atoms. The van der Waals surface area contributed by atoms with Crippen LogP contribution in [0.4, 0.5) is 5.69 Å². The molecule has 22 heavy (non-hydrogen) atoms. The first kappa shape index (κ1) is 14.3. The Labute approximate surface area is 129 Å². The maximum Gasteiger partial charge on any atom is 0.344 e. The van der Waals surface area contributed by atoms with Gasteiger partial charge in [-0.2, -0.15) is 0 Å². The number of benzene rings is 2. The van der Waals surface area contributed by atoms with Gasteiger partial charge in [0.2, 0.25) is 6.23 Å². The van der Waals surface area contributed by atoms with E-state index in [0.717, 1.165) is 11.3 Å². The average Bonchev–Trinajstić information content (AvgIpc) is 2.91. The van der Waals surface area contributed by atoms with Crippen LogP contribution in [0.5, 0.6) is 11.5 Å². The fourth-order valence-corrected chi connectivity index (χ4v) is 2.67. The van der Waals surface area contributed by atoms with Crippen LogP contribution in [-0.2, 0) is 4.74 Å². The summed E-state index contributed by atoms with van der Waals surface area (Å²) < 4.78 is 16.1. The van der Waals surface area contributed by atoms with Crippen molar-refractivity contribution in [1.29, 1.82) is 0 Å². The maximum atomic E-state index is 12.3. The molecule has 1 heterocycles. The number of nitrogens with zero attached hydrogens (tertiary/aromatic N) is 1. The summed E-state index contributed by atoms with van der Waals surface area (Å²) in [7, 11) is 4.94. The Kier molecular flexibility index (Phi) is 3.63. The van der Waals surface area contributed by atoms with E-state index < -0.39 is 12.2 Å². The van der Waals surface area contributed by atoms with Gasteiger partial charge in [0.15, 0.2) is 11.5 Å². The Morgan fingerprint density at radius 1 is 1.05 bits per heavy atom. The average molecular weight is 299 g/mol. The first-order valence-corrected chi connectivity index (χ1v) is 6.91. The molecule has 0 saturated heterocycles. The molecule has 0 spiro atoms. The standard InChI is InChI=1S/C17H17NO4/c1-18(11-7-5-4-6-8-11)16-12-9-10-13(20-2)15(21-3)14(12)17(19)22-16/h4-10,16H,1-3H3/t16-/m0/s1. The van der Waals surface area contributed by atoms with E-state index in [-0.39, 0.29) is 0 Å². The van der Waals surface area contributed by atoms with E-state index in [1.54, 1.807) is 6.07 Å². The van der Waals surface area contributed by atoms with Gasteiger partial charge < -0.3 is 19.1 Å². The number of esters is 1. The van der Waals surface area contributed by atoms with E-state index in [2.05, 4.69) is 0 Å². The summed E-state index contributed by atoms with van der Waals surface area (Å²) in [5, 5.41) is 0. The van der Waals surface area contributed by atoms with Gasteiger partial charge in [-0.1, -0.05) is 18.2 Å². The van der Waals surface area contributed by atoms with E-state index in [1.165, 1.54) is 14.2 Å². The minimum Gasteiger partial charge on any atom is -0.493 e. The molecule has 0 aliphatic carbocycles. The summed E-state index contributed by atoms with van der Waals surface area (Å²) in [5.74, 6) is 0.522. The fraction of sp³-hybridized carbons (Fsp3) is 0.235. The summed E-state index contributed by atoms with van der Waals surface area (Å²) in [4.78, 5) is 14.2. The number of carbonyl (C=O) groups excluding carboxylic acids is 1. The Morgan fingerprint density at radius 2 is 1.77 bits per heavy atom. The summed E-state index contributed by atoms with van der Waals surface area (Å²) in [6.45, 7) is 0. The molecule has 0 amide bonds. The second kappa shape index (κ2) is 5.60. The van der Waals surface area contributed by atoms with Crippen LogP contribution in [0.15, 0.2) is 42.5 Å². The molecular formula is C17H17NO4. The van der Waals surface area contributed by atoms with Gasteiger partial charge in [0.1, 0.15) is 5.56 Å². The third-order valence-corrected chi connectivity index (χ3v) is 3.78. The third-order valence-electron chi connectivity index (χ3n) is 3.78. The minimum atomic E-state index is -0.482. The SMILES string of the molecule is COc1ccc2c(c1OC)C(=O)O[C@@H]2N(C)c1ccccc1. The quantitative estimate of drug-likeness (QED) is 0.812. The summed E-state index contributed by atoms with van der Waals surface area (Å²) in [6, 6.07) is 13.4. The van der Waals surface area contributed by atoms with E-state index in [0.29, 0.717) is 17.1 Å². The highest BCUT2D eigenvalue weighted by molar-refractivity contribution is 5.98. The lowest BCUT2D eigenvalue weighted by atomic mass is 10.1.